The number of carbonyl (C=O) groups excluding carboxylic acids is 1. The molecular weight excluding hydrogens is 292 g/mol. The minimum Gasteiger partial charge on any atom is -0.494 e. The van der Waals surface area contributed by atoms with Crippen LogP contribution in [-0.2, 0) is 0 Å². The van der Waals surface area contributed by atoms with Crippen molar-refractivity contribution in [2.75, 3.05) is 13.7 Å². The predicted molar refractivity (Wildman–Crippen MR) is 76.6 cm³/mol. The molecule has 0 heterocycles. The van der Waals surface area contributed by atoms with E-state index in [0.717, 1.165) is 0 Å². The fraction of sp³-hybridized carbons (Fsp3) is 0.188. The molecule has 2 N–H and O–H groups in total. The standard InChI is InChI=1S/C16H15F2NO3/c1-22-14-8-4-6-11(15(14)18)16(21)19-9-13(20)10-5-2-3-7-12(10)17/h2-8,13,20H,9H2,1H3,(H,19,21). The predicted octanol–water partition coefficient (Wildman–Crippen LogP) is 2.44. The molecule has 1 unspecified atom stereocenters. The van der Waals surface area contributed by atoms with Crippen molar-refractivity contribution in [2.45, 2.75) is 6.10 Å². The molecular formula is C16H15F2NO3. The third kappa shape index (κ3) is 3.40. The van der Waals surface area contributed by atoms with Crippen molar-refractivity contribution in [2.24, 2.45) is 0 Å². The molecule has 0 aromatic heterocycles. The number of carbonyl (C=O) groups is 1. The lowest BCUT2D eigenvalue weighted by atomic mass is 10.1. The van der Waals surface area contributed by atoms with Crippen molar-refractivity contribution in [3.63, 3.8) is 0 Å². The second-order valence-electron chi connectivity index (χ2n) is 4.57. The van der Waals surface area contributed by atoms with Crippen molar-refractivity contribution in [1.82, 2.24) is 5.32 Å². The molecule has 0 saturated carbocycles. The Labute approximate surface area is 126 Å². The van der Waals surface area contributed by atoms with Gasteiger partial charge in [0.15, 0.2) is 11.6 Å². The summed E-state index contributed by atoms with van der Waals surface area (Å²) in [4.78, 5) is 11.9. The van der Waals surface area contributed by atoms with Crippen LogP contribution in [0.15, 0.2) is 42.5 Å². The maximum atomic E-state index is 13.9. The first-order valence-electron chi connectivity index (χ1n) is 6.57. The number of aliphatic hydroxyl groups is 1. The molecule has 0 fully saturated rings. The Balaban J connectivity index is 2.06. The van der Waals surface area contributed by atoms with Gasteiger partial charge in [-0.15, -0.1) is 0 Å². The second kappa shape index (κ2) is 7.00. The lowest BCUT2D eigenvalue weighted by molar-refractivity contribution is 0.0909. The number of ether oxygens (including phenoxy) is 1. The van der Waals surface area contributed by atoms with E-state index in [9.17, 15) is 18.7 Å². The molecule has 6 heteroatoms. The fourth-order valence-corrected chi connectivity index (χ4v) is 1.98. The molecule has 2 aromatic carbocycles. The summed E-state index contributed by atoms with van der Waals surface area (Å²) in [7, 11) is 1.29. The minimum absolute atomic E-state index is 0.0534. The van der Waals surface area contributed by atoms with E-state index in [-0.39, 0.29) is 23.4 Å². The highest BCUT2D eigenvalue weighted by atomic mass is 19.1. The van der Waals surface area contributed by atoms with E-state index in [1.807, 2.05) is 0 Å². The first-order valence-corrected chi connectivity index (χ1v) is 6.57. The summed E-state index contributed by atoms with van der Waals surface area (Å²) in [6.07, 6.45) is -1.22. The summed E-state index contributed by atoms with van der Waals surface area (Å²) in [6.45, 7) is -0.240. The van der Waals surface area contributed by atoms with Crippen LogP contribution in [0.25, 0.3) is 0 Å². The SMILES string of the molecule is COc1cccc(C(=O)NCC(O)c2ccccc2F)c1F. The zero-order valence-electron chi connectivity index (χ0n) is 11.8. The van der Waals surface area contributed by atoms with Crippen molar-refractivity contribution < 1.29 is 23.4 Å². The number of amides is 1. The van der Waals surface area contributed by atoms with E-state index in [1.54, 1.807) is 6.07 Å². The number of hydrogen-bond donors (Lipinski definition) is 2. The Kier molecular flexibility index (Phi) is 5.06. The van der Waals surface area contributed by atoms with E-state index in [4.69, 9.17) is 4.74 Å². The molecule has 1 atom stereocenters. The third-order valence-corrected chi connectivity index (χ3v) is 3.15. The highest BCUT2D eigenvalue weighted by Gasteiger charge is 2.18. The van der Waals surface area contributed by atoms with Crippen molar-refractivity contribution in [3.8, 4) is 5.75 Å². The zero-order chi connectivity index (χ0) is 16.1. The monoisotopic (exact) mass is 307 g/mol. The van der Waals surface area contributed by atoms with Gasteiger partial charge in [0, 0.05) is 12.1 Å². The van der Waals surface area contributed by atoms with Crippen LogP contribution >= 0.6 is 0 Å². The van der Waals surface area contributed by atoms with Gasteiger partial charge in [0.1, 0.15) is 5.82 Å². The number of halogens is 2. The first-order chi connectivity index (χ1) is 10.5. The lowest BCUT2D eigenvalue weighted by Crippen LogP contribution is -2.29. The summed E-state index contributed by atoms with van der Waals surface area (Å²) in [5.74, 6) is -2.13. The Morgan fingerprint density at radius 2 is 1.95 bits per heavy atom. The smallest absolute Gasteiger partial charge is 0.254 e. The highest BCUT2D eigenvalue weighted by Crippen LogP contribution is 2.20. The van der Waals surface area contributed by atoms with Crippen molar-refractivity contribution in [1.29, 1.82) is 0 Å². The summed E-state index contributed by atoms with van der Waals surface area (Å²) >= 11 is 0. The minimum atomic E-state index is -1.22. The number of hydrogen-bond acceptors (Lipinski definition) is 3. The topological polar surface area (TPSA) is 58.6 Å². The van der Waals surface area contributed by atoms with Gasteiger partial charge >= 0.3 is 0 Å². The van der Waals surface area contributed by atoms with E-state index in [2.05, 4.69) is 5.32 Å². The Morgan fingerprint density at radius 1 is 1.23 bits per heavy atom. The molecule has 0 saturated heterocycles. The molecule has 0 radical (unpaired) electrons. The van der Waals surface area contributed by atoms with Gasteiger partial charge in [-0.3, -0.25) is 4.79 Å². The van der Waals surface area contributed by atoms with Crippen LogP contribution in [-0.4, -0.2) is 24.7 Å². The number of methoxy groups -OCH3 is 1. The molecule has 2 aromatic rings. The number of rotatable bonds is 5. The molecule has 1 amide bonds. The highest BCUT2D eigenvalue weighted by molar-refractivity contribution is 5.94. The van der Waals surface area contributed by atoms with Gasteiger partial charge in [0.25, 0.3) is 5.91 Å². The average Bonchev–Trinajstić information content (AvgIpc) is 2.53. The summed E-state index contributed by atoms with van der Waals surface area (Å²) in [5, 5.41) is 12.3. The van der Waals surface area contributed by atoms with E-state index in [1.165, 1.54) is 43.5 Å². The van der Waals surface area contributed by atoms with E-state index < -0.39 is 23.6 Å². The van der Waals surface area contributed by atoms with Crippen LogP contribution in [0.4, 0.5) is 8.78 Å². The summed E-state index contributed by atoms with van der Waals surface area (Å²) in [5.41, 5.74) is -0.144. The van der Waals surface area contributed by atoms with Gasteiger partial charge < -0.3 is 15.2 Å². The second-order valence-corrected chi connectivity index (χ2v) is 4.57. The van der Waals surface area contributed by atoms with Crippen molar-refractivity contribution in [3.05, 3.63) is 65.2 Å². The van der Waals surface area contributed by atoms with Crippen LogP contribution in [0.1, 0.15) is 22.0 Å². The Morgan fingerprint density at radius 3 is 2.64 bits per heavy atom. The number of nitrogens with one attached hydrogen (secondary N) is 1. The Bertz CT molecular complexity index is 676. The van der Waals surface area contributed by atoms with Crippen LogP contribution in [0, 0.1) is 11.6 Å². The van der Waals surface area contributed by atoms with Crippen molar-refractivity contribution >= 4 is 5.91 Å². The van der Waals surface area contributed by atoms with Gasteiger partial charge in [-0.1, -0.05) is 24.3 Å². The van der Waals surface area contributed by atoms with Gasteiger partial charge in [-0.05, 0) is 18.2 Å². The van der Waals surface area contributed by atoms with Crippen LogP contribution in [0.3, 0.4) is 0 Å². The fourth-order valence-electron chi connectivity index (χ4n) is 1.98. The zero-order valence-corrected chi connectivity index (χ0v) is 11.8. The summed E-state index contributed by atoms with van der Waals surface area (Å²) in [6, 6.07) is 9.86. The molecule has 116 valence electrons. The van der Waals surface area contributed by atoms with Crippen LogP contribution < -0.4 is 10.1 Å². The van der Waals surface area contributed by atoms with Gasteiger partial charge in [-0.25, -0.2) is 8.78 Å². The number of benzene rings is 2. The lowest BCUT2D eigenvalue weighted by Gasteiger charge is -2.13. The average molecular weight is 307 g/mol. The van der Waals surface area contributed by atoms with Gasteiger partial charge in [0.2, 0.25) is 0 Å². The van der Waals surface area contributed by atoms with E-state index in [0.29, 0.717) is 0 Å². The molecule has 2 rings (SSSR count). The maximum Gasteiger partial charge on any atom is 0.254 e. The quantitative estimate of drug-likeness (QED) is 0.892. The Hall–Kier alpha value is -2.47. The number of aliphatic hydroxyl groups excluding tert-OH is 1. The van der Waals surface area contributed by atoms with Gasteiger partial charge in [-0.2, -0.15) is 0 Å². The van der Waals surface area contributed by atoms with Gasteiger partial charge in [0.05, 0.1) is 18.8 Å². The molecule has 0 aliphatic carbocycles. The first kappa shape index (κ1) is 15.9. The molecule has 22 heavy (non-hydrogen) atoms. The van der Waals surface area contributed by atoms with Crippen LogP contribution in [0.5, 0.6) is 5.75 Å². The normalized spacial score (nSPS) is 11.8. The molecule has 0 aliphatic rings. The molecule has 0 spiro atoms. The molecule has 0 bridgehead atoms. The largest absolute Gasteiger partial charge is 0.494 e. The molecule has 4 nitrogen and oxygen atoms in total. The third-order valence-electron chi connectivity index (χ3n) is 3.15. The molecule has 0 aliphatic heterocycles. The van der Waals surface area contributed by atoms with Crippen LogP contribution in [0.2, 0.25) is 0 Å². The summed E-state index contributed by atoms with van der Waals surface area (Å²) < 4.78 is 32.2. The van der Waals surface area contributed by atoms with E-state index >= 15 is 0 Å². The maximum absolute atomic E-state index is 13.9.